The van der Waals surface area contributed by atoms with E-state index >= 15 is 0 Å². The molecule has 1 fully saturated rings. The van der Waals surface area contributed by atoms with E-state index in [-0.39, 0.29) is 24.1 Å². The standard InChI is InChI=1S/C25H34F3N3O4S/c1-6-35-23(32)15-30-21-8-7-9-22(20(21)14-29)31-36(33,34)19-11-17(16(2)13-24(3,4)5)10-18(12-19)25(26,27)28/h10-12,14,20,22,29,31H,2,6-9,13,15H2,1,3-5H3. The Balaban J connectivity index is 2.40. The second-order valence-corrected chi connectivity index (χ2v) is 11.7. The van der Waals surface area contributed by atoms with Crippen LogP contribution in [0.25, 0.3) is 5.57 Å². The van der Waals surface area contributed by atoms with E-state index in [1.165, 1.54) is 6.07 Å². The Labute approximate surface area is 210 Å². The van der Waals surface area contributed by atoms with Crippen molar-refractivity contribution in [3.63, 3.8) is 0 Å². The van der Waals surface area contributed by atoms with Crippen LogP contribution in [0.5, 0.6) is 0 Å². The van der Waals surface area contributed by atoms with Crippen molar-refractivity contribution < 1.29 is 31.1 Å². The minimum absolute atomic E-state index is 0.101. The van der Waals surface area contributed by atoms with Crippen LogP contribution in [-0.4, -0.2) is 45.5 Å². The van der Waals surface area contributed by atoms with Gasteiger partial charge in [-0.2, -0.15) is 13.2 Å². The van der Waals surface area contributed by atoms with Gasteiger partial charge in [-0.05, 0) is 67.4 Å². The van der Waals surface area contributed by atoms with E-state index in [9.17, 15) is 26.4 Å². The Hall–Kier alpha value is -2.53. The van der Waals surface area contributed by atoms with Crippen LogP contribution in [0.2, 0.25) is 0 Å². The Morgan fingerprint density at radius 1 is 1.28 bits per heavy atom. The molecule has 2 N–H and O–H groups in total. The maximum Gasteiger partial charge on any atom is 0.416 e. The predicted octanol–water partition coefficient (Wildman–Crippen LogP) is 5.26. The lowest BCUT2D eigenvalue weighted by atomic mass is 9.84. The Morgan fingerprint density at radius 2 is 1.94 bits per heavy atom. The number of benzene rings is 1. The second kappa shape index (κ2) is 11.7. The normalized spacial score (nSPS) is 20.2. The minimum atomic E-state index is -4.75. The van der Waals surface area contributed by atoms with Gasteiger partial charge in [-0.1, -0.05) is 27.4 Å². The SMILES string of the molecule is C=C(CC(C)(C)C)c1cc(C(F)(F)F)cc(S(=O)(=O)NC2CCCC(=NCC(=O)OCC)C2C=N)c1. The van der Waals surface area contributed by atoms with E-state index < -0.39 is 44.6 Å². The van der Waals surface area contributed by atoms with Crippen LogP contribution in [-0.2, 0) is 25.7 Å². The summed E-state index contributed by atoms with van der Waals surface area (Å²) < 4.78 is 74.8. The van der Waals surface area contributed by atoms with E-state index in [1.807, 2.05) is 20.8 Å². The summed E-state index contributed by atoms with van der Waals surface area (Å²) in [7, 11) is -4.39. The maximum absolute atomic E-state index is 13.6. The van der Waals surface area contributed by atoms with Crippen molar-refractivity contribution in [2.75, 3.05) is 13.2 Å². The molecule has 200 valence electrons. The van der Waals surface area contributed by atoms with Crippen molar-refractivity contribution >= 4 is 33.5 Å². The number of alkyl halides is 3. The van der Waals surface area contributed by atoms with Gasteiger partial charge in [-0.3, -0.25) is 9.79 Å². The molecule has 2 unspecified atom stereocenters. The first-order valence-electron chi connectivity index (χ1n) is 11.7. The lowest BCUT2D eigenvalue weighted by Gasteiger charge is -2.31. The first-order valence-corrected chi connectivity index (χ1v) is 13.2. The molecular formula is C25H34F3N3O4S. The Bertz CT molecular complexity index is 1120. The monoisotopic (exact) mass is 529 g/mol. The summed E-state index contributed by atoms with van der Waals surface area (Å²) in [5, 5.41) is 7.81. The van der Waals surface area contributed by atoms with Crippen LogP contribution in [0.4, 0.5) is 13.2 Å². The summed E-state index contributed by atoms with van der Waals surface area (Å²) >= 11 is 0. The minimum Gasteiger partial charge on any atom is -0.465 e. The fourth-order valence-electron chi connectivity index (χ4n) is 4.11. The zero-order valence-corrected chi connectivity index (χ0v) is 21.9. The molecule has 0 bridgehead atoms. The highest BCUT2D eigenvalue weighted by Gasteiger charge is 2.36. The van der Waals surface area contributed by atoms with Crippen LogP contribution in [0, 0.1) is 16.7 Å². The summed E-state index contributed by atoms with van der Waals surface area (Å²) in [6.07, 6.45) is -1.97. The fraction of sp³-hybridized carbons (Fsp3) is 0.560. The number of esters is 1. The van der Waals surface area contributed by atoms with Crippen molar-refractivity contribution in [2.45, 2.75) is 70.5 Å². The van der Waals surface area contributed by atoms with Crippen molar-refractivity contribution in [1.82, 2.24) is 4.72 Å². The van der Waals surface area contributed by atoms with Gasteiger partial charge in [0.25, 0.3) is 0 Å². The molecule has 7 nitrogen and oxygen atoms in total. The Morgan fingerprint density at radius 3 is 2.50 bits per heavy atom. The number of nitrogens with one attached hydrogen (secondary N) is 2. The number of ether oxygens (including phenoxy) is 1. The average molecular weight is 530 g/mol. The highest BCUT2D eigenvalue weighted by atomic mass is 32.2. The first-order chi connectivity index (χ1) is 16.6. The lowest BCUT2D eigenvalue weighted by molar-refractivity contribution is -0.141. The summed E-state index contributed by atoms with van der Waals surface area (Å²) in [4.78, 5) is 15.4. The van der Waals surface area contributed by atoms with Crippen LogP contribution < -0.4 is 4.72 Å². The van der Waals surface area contributed by atoms with Gasteiger partial charge in [0.2, 0.25) is 10.0 Å². The highest BCUT2D eigenvalue weighted by molar-refractivity contribution is 7.89. The van der Waals surface area contributed by atoms with Crippen molar-refractivity contribution in [3.8, 4) is 0 Å². The molecule has 2 rings (SSSR count). The third-order valence-electron chi connectivity index (χ3n) is 5.67. The number of carbonyl (C=O) groups excluding carboxylic acids is 1. The molecule has 1 aromatic rings. The summed E-state index contributed by atoms with van der Waals surface area (Å²) in [5.74, 6) is -1.27. The summed E-state index contributed by atoms with van der Waals surface area (Å²) in [6.45, 7) is 11.2. The first kappa shape index (κ1) is 29.7. The molecule has 11 heteroatoms. The van der Waals surface area contributed by atoms with E-state index in [1.54, 1.807) is 6.92 Å². The molecular weight excluding hydrogens is 495 g/mol. The number of allylic oxidation sites excluding steroid dienone is 1. The molecule has 2 atom stereocenters. The second-order valence-electron chi connectivity index (χ2n) is 10.0. The number of hydrogen-bond donors (Lipinski definition) is 2. The fourth-order valence-corrected chi connectivity index (χ4v) is 5.48. The largest absolute Gasteiger partial charge is 0.465 e. The lowest BCUT2D eigenvalue weighted by Crippen LogP contribution is -2.46. The predicted molar refractivity (Wildman–Crippen MR) is 134 cm³/mol. The maximum atomic E-state index is 13.6. The quantitative estimate of drug-likeness (QED) is 0.336. The molecule has 1 aliphatic rings. The third kappa shape index (κ3) is 8.26. The molecule has 36 heavy (non-hydrogen) atoms. The van der Waals surface area contributed by atoms with Gasteiger partial charge in [0.1, 0.15) is 6.54 Å². The number of rotatable bonds is 9. The zero-order chi connectivity index (χ0) is 27.3. The molecule has 0 amide bonds. The summed E-state index contributed by atoms with van der Waals surface area (Å²) in [5.41, 5.74) is -0.376. The van der Waals surface area contributed by atoms with Gasteiger partial charge in [0.05, 0.1) is 17.1 Å². The van der Waals surface area contributed by atoms with E-state index in [0.717, 1.165) is 12.3 Å². The van der Waals surface area contributed by atoms with Gasteiger partial charge in [-0.15, -0.1) is 0 Å². The van der Waals surface area contributed by atoms with Crippen LogP contribution in [0.3, 0.4) is 0 Å². The van der Waals surface area contributed by atoms with Gasteiger partial charge in [0.15, 0.2) is 0 Å². The van der Waals surface area contributed by atoms with E-state index in [4.69, 9.17) is 10.1 Å². The Kier molecular flexibility index (Phi) is 9.64. The smallest absolute Gasteiger partial charge is 0.416 e. The summed E-state index contributed by atoms with van der Waals surface area (Å²) in [6, 6.07) is 1.92. The zero-order valence-electron chi connectivity index (χ0n) is 21.0. The van der Waals surface area contributed by atoms with E-state index in [2.05, 4.69) is 16.3 Å². The van der Waals surface area contributed by atoms with Gasteiger partial charge < -0.3 is 10.1 Å². The van der Waals surface area contributed by atoms with Crippen molar-refractivity contribution in [1.29, 1.82) is 5.41 Å². The molecule has 0 radical (unpaired) electrons. The number of hydrogen-bond acceptors (Lipinski definition) is 6. The number of aliphatic imine (C=N–C) groups is 1. The van der Waals surface area contributed by atoms with Crippen molar-refractivity contribution in [3.05, 3.63) is 35.9 Å². The third-order valence-corrected chi connectivity index (χ3v) is 7.13. The molecule has 0 saturated heterocycles. The van der Waals surface area contributed by atoms with Crippen LogP contribution in [0.15, 0.2) is 34.7 Å². The molecule has 0 aliphatic heterocycles. The van der Waals surface area contributed by atoms with Crippen LogP contribution >= 0.6 is 0 Å². The van der Waals surface area contributed by atoms with Gasteiger partial charge in [-0.25, -0.2) is 13.1 Å². The molecule has 1 aliphatic carbocycles. The molecule has 0 spiro atoms. The molecule has 0 aromatic heterocycles. The highest BCUT2D eigenvalue weighted by Crippen LogP contribution is 2.36. The number of sulfonamides is 1. The van der Waals surface area contributed by atoms with Gasteiger partial charge in [0, 0.05) is 23.9 Å². The number of nitrogens with zero attached hydrogens (tertiary/aromatic N) is 1. The number of carbonyl (C=O) groups is 1. The van der Waals surface area contributed by atoms with Gasteiger partial charge >= 0.3 is 12.1 Å². The van der Waals surface area contributed by atoms with Crippen molar-refractivity contribution in [2.24, 2.45) is 16.3 Å². The molecule has 1 aromatic carbocycles. The topological polar surface area (TPSA) is 109 Å². The average Bonchev–Trinajstić information content (AvgIpc) is 2.75. The van der Waals surface area contributed by atoms with Crippen LogP contribution in [0.1, 0.15) is 64.5 Å². The van der Waals surface area contributed by atoms with E-state index in [0.29, 0.717) is 43.0 Å². The number of halogens is 3. The molecule has 0 heterocycles. The molecule has 1 saturated carbocycles.